The molecule has 0 aliphatic heterocycles. The van der Waals surface area contributed by atoms with Crippen molar-refractivity contribution in [2.75, 3.05) is 4.90 Å². The fourth-order valence-electron chi connectivity index (χ4n) is 13.7. The van der Waals surface area contributed by atoms with Gasteiger partial charge in [0.2, 0.25) is 0 Å². The Hall–Kier alpha value is -9.86. The maximum atomic E-state index is 11.6. The van der Waals surface area contributed by atoms with Crippen molar-refractivity contribution in [2.24, 2.45) is 5.92 Å². The summed E-state index contributed by atoms with van der Waals surface area (Å²) in [6, 6.07) is 65.3. The predicted molar refractivity (Wildman–Crippen MR) is 322 cm³/mol. The molecule has 0 radical (unpaired) electrons. The molecule has 7 nitrogen and oxygen atoms in total. The number of thiophene rings is 1. The number of para-hydroxylation sites is 5. The van der Waals surface area contributed by atoms with Crippen molar-refractivity contribution in [1.82, 2.24) is 13.7 Å². The summed E-state index contributed by atoms with van der Waals surface area (Å²) in [5.41, 5.74) is 16.0. The molecule has 13 aromatic rings. The average molecular weight is 1020 g/mol. The number of hydrogen-bond donors (Lipinski definition) is 0. The Kier molecular flexibility index (Phi) is 9.58. The second-order valence-corrected chi connectivity index (χ2v) is 21.9. The van der Waals surface area contributed by atoms with Gasteiger partial charge in [-0.05, 0) is 127 Å². The van der Waals surface area contributed by atoms with Crippen LogP contribution in [0.15, 0.2) is 199 Å². The van der Waals surface area contributed by atoms with Gasteiger partial charge in [-0.1, -0.05) is 122 Å². The molecule has 0 spiro atoms. The lowest BCUT2D eigenvalue weighted by atomic mass is 9.95. The topological polar surface area (TPSA) is 78.8 Å². The van der Waals surface area contributed by atoms with Crippen LogP contribution in [-0.4, -0.2) is 19.7 Å². The van der Waals surface area contributed by atoms with E-state index in [0.29, 0.717) is 22.5 Å². The quantitative estimate of drug-likeness (QED) is 0.152. The van der Waals surface area contributed by atoms with Gasteiger partial charge in [0, 0.05) is 93.3 Å². The lowest BCUT2D eigenvalue weighted by Gasteiger charge is -2.26. The molecule has 368 valence electrons. The van der Waals surface area contributed by atoms with Crippen LogP contribution >= 0.6 is 11.3 Å². The van der Waals surface area contributed by atoms with Gasteiger partial charge in [0.1, 0.15) is 23.3 Å². The molecular weight excluding hydrogens is 973 g/mol. The van der Waals surface area contributed by atoms with Crippen LogP contribution in [-0.2, 0) is 6.42 Å². The molecule has 16 rings (SSSR count). The average Bonchev–Trinajstić information content (AvgIpc) is 3.94. The molecule has 0 N–H and O–H groups in total. The third-order valence-corrected chi connectivity index (χ3v) is 18.1. The van der Waals surface area contributed by atoms with Crippen molar-refractivity contribution in [2.45, 2.75) is 31.3 Å². The zero-order valence-electron chi connectivity index (χ0n) is 42.4. The summed E-state index contributed by atoms with van der Waals surface area (Å²) in [7, 11) is 0. The first-order valence-electron chi connectivity index (χ1n) is 26.6. The number of anilines is 2. The molecule has 1 saturated carbocycles. The lowest BCUT2D eigenvalue weighted by molar-refractivity contribution is 0.636. The molecular formula is C70H46N6OS. The van der Waals surface area contributed by atoms with Gasteiger partial charge in [0.05, 0.1) is 45.3 Å². The van der Waals surface area contributed by atoms with Crippen molar-refractivity contribution >= 4 is 123 Å². The van der Waals surface area contributed by atoms with Crippen LogP contribution in [0.3, 0.4) is 0 Å². The highest BCUT2D eigenvalue weighted by Gasteiger charge is 2.57. The third kappa shape index (κ3) is 6.18. The van der Waals surface area contributed by atoms with Crippen molar-refractivity contribution in [3.8, 4) is 23.5 Å². The molecule has 0 amide bonds. The zero-order valence-corrected chi connectivity index (χ0v) is 43.2. The minimum atomic E-state index is 0.0158. The van der Waals surface area contributed by atoms with Gasteiger partial charge in [0.25, 0.3) is 0 Å². The number of furan rings is 1. The molecule has 1 fully saturated rings. The first-order valence-corrected chi connectivity index (χ1v) is 27.5. The first kappa shape index (κ1) is 44.4. The Bertz CT molecular complexity index is 4830. The Morgan fingerprint density at radius 1 is 0.628 bits per heavy atom. The second kappa shape index (κ2) is 16.8. The Morgan fingerprint density at radius 2 is 1.26 bits per heavy atom. The first-order chi connectivity index (χ1) is 38.5. The van der Waals surface area contributed by atoms with E-state index in [1.807, 2.05) is 37.3 Å². The molecule has 5 aromatic heterocycles. The zero-order chi connectivity index (χ0) is 51.9. The highest BCUT2D eigenvalue weighted by atomic mass is 32.1. The summed E-state index contributed by atoms with van der Waals surface area (Å²) >= 11 is 1.74. The van der Waals surface area contributed by atoms with Gasteiger partial charge in [-0.15, -0.1) is 11.3 Å². The molecule has 8 aromatic carbocycles. The van der Waals surface area contributed by atoms with Crippen LogP contribution in [0.2, 0.25) is 0 Å². The SMILES string of the molecule is C=Cc1c(/C=C\C)sc2cc3c(cc12)c1c(n3-c2cc(C#N)c(-n3c4c(c5c6oc7ccccc7c6ccc53)C3C(N(c5ccccc5)c5ccccc5)[C@H]3C=C4)cc2C#N)C=CC(n2c3ccccc3c3ccccc32)C1. The van der Waals surface area contributed by atoms with E-state index in [2.05, 4.69) is 219 Å². The van der Waals surface area contributed by atoms with E-state index in [-0.39, 0.29) is 23.9 Å². The van der Waals surface area contributed by atoms with Crippen LogP contribution in [0.4, 0.5) is 11.4 Å². The number of fused-ring (bicyclic) bond motifs is 16. The van der Waals surface area contributed by atoms with Gasteiger partial charge in [0.15, 0.2) is 0 Å². The minimum absolute atomic E-state index is 0.0158. The number of allylic oxidation sites excluding steroid dienone is 2. The Balaban J connectivity index is 0.922. The number of nitriles is 2. The molecule has 3 aliphatic carbocycles. The summed E-state index contributed by atoms with van der Waals surface area (Å²) in [5.74, 6) is 0.319. The van der Waals surface area contributed by atoms with E-state index in [1.165, 1.54) is 32.9 Å². The van der Waals surface area contributed by atoms with E-state index in [9.17, 15) is 10.5 Å². The highest BCUT2D eigenvalue weighted by Crippen LogP contribution is 2.61. The number of hydrogen-bond acceptors (Lipinski definition) is 5. The summed E-state index contributed by atoms with van der Waals surface area (Å²) in [5, 5.41) is 31.0. The molecule has 0 saturated heterocycles. The molecule has 0 bridgehead atoms. The standard InChI is InChI=1S/C70H46N6OS/c1-3-17-64-46(4-2)54-37-53-52-36-45(74-55-25-14-11-22-47(55)48-23-12-15-26-56(48)74)28-31-57(52)75(62(53)38-65(54)78-64)60-34-42(40-72)61(35-41(60)39-71)76-58-33-30-51-66(69(51)73(43-18-7-5-8-19-43)44-20-9-6-10-21-44)67(58)68-59(76)32-29-50-49-24-13-16-27-63(49)77-70(50)68/h3-35,37-38,45,51,66,69H,2,36H2,1H3/b17-3-/t45?,51-,66?,69?/m0/s1. The van der Waals surface area contributed by atoms with Gasteiger partial charge in [-0.25, -0.2) is 0 Å². The molecule has 3 unspecified atom stereocenters. The maximum Gasteiger partial charge on any atom is 0.145 e. The van der Waals surface area contributed by atoms with Crippen LogP contribution in [0.1, 0.15) is 63.0 Å². The fraction of sp³-hybridized carbons (Fsp3) is 0.0857. The number of nitrogens with zero attached hydrogens (tertiary/aromatic N) is 6. The van der Waals surface area contributed by atoms with E-state index in [4.69, 9.17) is 4.42 Å². The molecule has 8 heteroatoms. The van der Waals surface area contributed by atoms with Crippen molar-refractivity contribution in [3.05, 3.63) is 239 Å². The van der Waals surface area contributed by atoms with Crippen molar-refractivity contribution < 1.29 is 4.42 Å². The monoisotopic (exact) mass is 1020 g/mol. The maximum absolute atomic E-state index is 11.6. The normalized spacial score (nSPS) is 17.4. The minimum Gasteiger partial charge on any atom is -0.455 e. The second-order valence-electron chi connectivity index (χ2n) is 20.9. The molecule has 3 aliphatic rings. The smallest absolute Gasteiger partial charge is 0.145 e. The number of rotatable bonds is 8. The van der Waals surface area contributed by atoms with Crippen molar-refractivity contribution in [3.63, 3.8) is 0 Å². The van der Waals surface area contributed by atoms with E-state index in [0.717, 1.165) is 93.5 Å². The Morgan fingerprint density at radius 3 is 1.92 bits per heavy atom. The summed E-state index contributed by atoms with van der Waals surface area (Å²) in [6.07, 6.45) is 16.1. The van der Waals surface area contributed by atoms with Crippen molar-refractivity contribution in [1.29, 1.82) is 10.5 Å². The summed E-state index contributed by atoms with van der Waals surface area (Å²) in [6.45, 7) is 6.32. The molecule has 4 atom stereocenters. The Labute approximate surface area is 453 Å². The molecule has 5 heterocycles. The molecule has 78 heavy (non-hydrogen) atoms. The van der Waals surface area contributed by atoms with E-state index in [1.54, 1.807) is 11.3 Å². The number of aromatic nitrogens is 3. The van der Waals surface area contributed by atoms with E-state index >= 15 is 0 Å². The van der Waals surface area contributed by atoms with Gasteiger partial charge >= 0.3 is 0 Å². The number of benzene rings is 8. The third-order valence-electron chi connectivity index (χ3n) is 17.0. The lowest BCUT2D eigenvalue weighted by Crippen LogP contribution is -2.21. The predicted octanol–water partition coefficient (Wildman–Crippen LogP) is 18.0. The van der Waals surface area contributed by atoms with Crippen LogP contribution in [0, 0.1) is 28.6 Å². The summed E-state index contributed by atoms with van der Waals surface area (Å²) in [4.78, 5) is 3.64. The van der Waals surface area contributed by atoms with E-state index < -0.39 is 0 Å². The summed E-state index contributed by atoms with van der Waals surface area (Å²) < 4.78 is 15.0. The van der Waals surface area contributed by atoms with Gasteiger partial charge in [-0.2, -0.15) is 10.5 Å². The fourth-order valence-corrected chi connectivity index (χ4v) is 14.9. The van der Waals surface area contributed by atoms with Gasteiger partial charge in [-0.3, -0.25) is 0 Å². The largest absolute Gasteiger partial charge is 0.455 e. The van der Waals surface area contributed by atoms with Crippen LogP contribution < -0.4 is 4.90 Å². The van der Waals surface area contributed by atoms with Gasteiger partial charge < -0.3 is 23.0 Å². The van der Waals surface area contributed by atoms with Crippen LogP contribution in [0.5, 0.6) is 0 Å². The highest BCUT2D eigenvalue weighted by molar-refractivity contribution is 7.20. The van der Waals surface area contributed by atoms with Crippen LogP contribution in [0.25, 0.3) is 111 Å².